The molecule has 2 aromatic carbocycles. The number of sulfonamides is 1. The summed E-state index contributed by atoms with van der Waals surface area (Å²) < 4.78 is 44.8. The minimum atomic E-state index is -4.08. The molecule has 218 valence electrons. The van der Waals surface area contributed by atoms with Gasteiger partial charge in [-0.2, -0.15) is 4.31 Å². The number of ether oxygens (including phenoxy) is 3. The number of nitro benzene ring substituents is 1. The topological polar surface area (TPSA) is 141 Å². The summed E-state index contributed by atoms with van der Waals surface area (Å²) in [4.78, 5) is 25.6. The third-order valence-corrected chi connectivity index (χ3v) is 9.22. The Bertz CT molecular complexity index is 1340. The average molecular weight is 597 g/mol. The van der Waals surface area contributed by atoms with Crippen LogP contribution in [-0.4, -0.2) is 76.2 Å². The number of rotatable bonds is 10. The Morgan fingerprint density at radius 2 is 1.73 bits per heavy atom. The molecule has 4 rings (SSSR count). The molecule has 2 aliphatic heterocycles. The van der Waals surface area contributed by atoms with Gasteiger partial charge in [-0.3, -0.25) is 14.9 Å². The number of hydrogen-bond acceptors (Lipinski definition) is 9. The van der Waals surface area contributed by atoms with E-state index in [1.807, 2.05) is 19.9 Å². The molecule has 0 spiro atoms. The van der Waals surface area contributed by atoms with Gasteiger partial charge in [0, 0.05) is 56.4 Å². The maximum atomic E-state index is 13.3. The normalized spacial score (nSPS) is 16.9. The lowest BCUT2D eigenvalue weighted by Gasteiger charge is -2.32. The van der Waals surface area contributed by atoms with Crippen molar-refractivity contribution >= 4 is 44.6 Å². The molecule has 2 aliphatic rings. The number of carbonyl (C=O) groups is 1. The third-order valence-electron chi connectivity index (χ3n) is 6.84. The standard InChI is InChI=1S/C26H33ClN4O8S/c1-3-38-23-17-22(29-11-13-37-14-12-29)24(39-4-2)16-21(23)28-26(32)18-7-9-30(10-8-18)40(35,36)25-15-19(31(33)34)5-6-20(25)27/h5-6,15-18H,3-4,7-14H2,1-2H3,(H,28,32). The van der Waals surface area contributed by atoms with E-state index in [1.54, 1.807) is 6.07 Å². The first-order chi connectivity index (χ1) is 19.1. The molecule has 2 aromatic rings. The molecule has 0 aliphatic carbocycles. The van der Waals surface area contributed by atoms with Crippen LogP contribution in [0.15, 0.2) is 35.2 Å². The lowest BCUT2D eigenvalue weighted by molar-refractivity contribution is -0.385. The molecule has 12 nitrogen and oxygen atoms in total. The van der Waals surface area contributed by atoms with E-state index >= 15 is 0 Å². The highest BCUT2D eigenvalue weighted by molar-refractivity contribution is 7.89. The van der Waals surface area contributed by atoms with E-state index in [0.29, 0.717) is 56.7 Å². The van der Waals surface area contributed by atoms with Gasteiger partial charge < -0.3 is 24.4 Å². The molecule has 2 fully saturated rings. The minimum Gasteiger partial charge on any atom is -0.492 e. The van der Waals surface area contributed by atoms with Crippen LogP contribution < -0.4 is 19.7 Å². The van der Waals surface area contributed by atoms with Gasteiger partial charge in [-0.05, 0) is 32.8 Å². The van der Waals surface area contributed by atoms with E-state index in [9.17, 15) is 23.3 Å². The summed E-state index contributed by atoms with van der Waals surface area (Å²) in [6, 6.07) is 6.94. The molecule has 0 atom stereocenters. The molecule has 1 amide bonds. The summed E-state index contributed by atoms with van der Waals surface area (Å²) in [5, 5.41) is 14.0. The molecule has 2 heterocycles. The second-order valence-electron chi connectivity index (χ2n) is 9.32. The van der Waals surface area contributed by atoms with E-state index in [1.165, 1.54) is 10.4 Å². The van der Waals surface area contributed by atoms with Crippen molar-refractivity contribution in [3.63, 3.8) is 0 Å². The predicted octanol–water partition coefficient (Wildman–Crippen LogP) is 3.92. The number of morpholine rings is 1. The Balaban J connectivity index is 1.48. The summed E-state index contributed by atoms with van der Waals surface area (Å²) in [6.45, 7) is 7.36. The zero-order valence-corrected chi connectivity index (χ0v) is 24.0. The van der Waals surface area contributed by atoms with Crippen LogP contribution in [-0.2, 0) is 19.6 Å². The van der Waals surface area contributed by atoms with Crippen LogP contribution in [0.4, 0.5) is 17.1 Å². The van der Waals surface area contributed by atoms with Gasteiger partial charge in [0.05, 0.1) is 47.7 Å². The van der Waals surface area contributed by atoms with Gasteiger partial charge >= 0.3 is 0 Å². The highest BCUT2D eigenvalue weighted by Crippen LogP contribution is 2.40. The van der Waals surface area contributed by atoms with Crippen LogP contribution in [0.25, 0.3) is 0 Å². The zero-order valence-electron chi connectivity index (χ0n) is 22.4. The number of nitrogens with zero attached hydrogens (tertiary/aromatic N) is 3. The lowest BCUT2D eigenvalue weighted by Crippen LogP contribution is -2.41. The number of non-ortho nitro benzene ring substituents is 1. The van der Waals surface area contributed by atoms with E-state index in [-0.39, 0.29) is 47.4 Å². The van der Waals surface area contributed by atoms with Crippen LogP contribution in [0.1, 0.15) is 26.7 Å². The Labute approximate surface area is 238 Å². The Kier molecular flexibility index (Phi) is 9.72. The first-order valence-electron chi connectivity index (χ1n) is 13.2. The summed E-state index contributed by atoms with van der Waals surface area (Å²) >= 11 is 6.09. The SMILES string of the molecule is CCOc1cc(N2CCOCC2)c(OCC)cc1NC(=O)C1CCN(S(=O)(=O)c2cc([N+](=O)[O-])ccc2Cl)CC1. The summed E-state index contributed by atoms with van der Waals surface area (Å²) in [7, 11) is -4.08. The first kappa shape index (κ1) is 29.8. The van der Waals surface area contributed by atoms with E-state index in [2.05, 4.69) is 10.2 Å². The third kappa shape index (κ3) is 6.60. The Morgan fingerprint density at radius 1 is 1.07 bits per heavy atom. The summed E-state index contributed by atoms with van der Waals surface area (Å²) in [6.07, 6.45) is 0.539. The lowest BCUT2D eigenvalue weighted by atomic mass is 9.97. The number of nitrogens with one attached hydrogen (secondary N) is 1. The first-order valence-corrected chi connectivity index (χ1v) is 15.0. The Morgan fingerprint density at radius 3 is 2.35 bits per heavy atom. The monoisotopic (exact) mass is 596 g/mol. The average Bonchev–Trinajstić information content (AvgIpc) is 2.95. The van der Waals surface area contributed by atoms with Gasteiger partial charge in [0.25, 0.3) is 5.69 Å². The largest absolute Gasteiger partial charge is 0.492 e. The van der Waals surface area contributed by atoms with Gasteiger partial charge in [-0.15, -0.1) is 0 Å². The molecule has 0 aromatic heterocycles. The fourth-order valence-electron chi connectivity index (χ4n) is 4.78. The fraction of sp³-hybridized carbons (Fsp3) is 0.500. The van der Waals surface area contributed by atoms with Crippen LogP contribution >= 0.6 is 11.6 Å². The van der Waals surface area contributed by atoms with Crippen molar-refractivity contribution in [2.24, 2.45) is 5.92 Å². The van der Waals surface area contributed by atoms with Gasteiger partial charge in [0.1, 0.15) is 16.4 Å². The molecule has 0 bridgehead atoms. The molecule has 1 N–H and O–H groups in total. The van der Waals surface area contributed by atoms with E-state index in [4.69, 9.17) is 25.8 Å². The molecular formula is C26H33ClN4O8S. The summed E-state index contributed by atoms with van der Waals surface area (Å²) in [5.74, 6) is 0.433. The van der Waals surface area contributed by atoms with Gasteiger partial charge in [0.2, 0.25) is 15.9 Å². The van der Waals surface area contributed by atoms with Crippen molar-refractivity contribution in [3.05, 3.63) is 45.5 Å². The molecule has 2 saturated heterocycles. The van der Waals surface area contributed by atoms with Gasteiger partial charge in [-0.25, -0.2) is 8.42 Å². The minimum absolute atomic E-state index is 0.0674. The van der Waals surface area contributed by atoms with Crippen LogP contribution in [0.2, 0.25) is 5.02 Å². The van der Waals surface area contributed by atoms with Gasteiger partial charge in [0.15, 0.2) is 0 Å². The molecule has 14 heteroatoms. The number of benzene rings is 2. The van der Waals surface area contributed by atoms with Crippen LogP contribution in [0, 0.1) is 16.0 Å². The predicted molar refractivity (Wildman–Crippen MR) is 150 cm³/mol. The second kappa shape index (κ2) is 13.0. The number of amides is 1. The number of halogens is 1. The van der Waals surface area contributed by atoms with Crippen molar-refractivity contribution < 1.29 is 32.3 Å². The number of piperidine rings is 1. The maximum Gasteiger partial charge on any atom is 0.270 e. The maximum absolute atomic E-state index is 13.3. The molecule has 0 saturated carbocycles. The fourth-order valence-corrected chi connectivity index (χ4v) is 6.74. The number of hydrogen-bond donors (Lipinski definition) is 1. The molecule has 40 heavy (non-hydrogen) atoms. The van der Waals surface area contributed by atoms with E-state index in [0.717, 1.165) is 17.8 Å². The second-order valence-corrected chi connectivity index (χ2v) is 11.6. The van der Waals surface area contributed by atoms with Crippen LogP contribution in [0.5, 0.6) is 11.5 Å². The van der Waals surface area contributed by atoms with Crippen molar-refractivity contribution in [2.45, 2.75) is 31.6 Å². The number of nitro groups is 1. The van der Waals surface area contributed by atoms with Crippen molar-refractivity contribution in [3.8, 4) is 11.5 Å². The molecule has 0 radical (unpaired) electrons. The summed E-state index contributed by atoms with van der Waals surface area (Å²) in [5.41, 5.74) is 0.976. The zero-order chi connectivity index (χ0) is 28.9. The molecule has 0 unspecified atom stereocenters. The number of carbonyl (C=O) groups excluding carboxylic acids is 1. The van der Waals surface area contributed by atoms with Crippen molar-refractivity contribution in [1.29, 1.82) is 0 Å². The quantitative estimate of drug-likeness (QED) is 0.319. The number of anilines is 2. The van der Waals surface area contributed by atoms with Crippen LogP contribution in [0.3, 0.4) is 0 Å². The van der Waals surface area contributed by atoms with Crippen molar-refractivity contribution in [2.75, 3.05) is 62.8 Å². The molecular weight excluding hydrogens is 564 g/mol. The Hall–Kier alpha value is -3.13. The van der Waals surface area contributed by atoms with Gasteiger partial charge in [-0.1, -0.05) is 11.6 Å². The van der Waals surface area contributed by atoms with Crippen molar-refractivity contribution in [1.82, 2.24) is 4.31 Å². The van der Waals surface area contributed by atoms with E-state index < -0.39 is 20.9 Å². The highest BCUT2D eigenvalue weighted by atomic mass is 35.5. The smallest absolute Gasteiger partial charge is 0.270 e. The highest BCUT2D eigenvalue weighted by Gasteiger charge is 2.34.